The lowest BCUT2D eigenvalue weighted by atomic mass is 10.2. The molecule has 0 atom stereocenters. The number of hydrogen-bond donors (Lipinski definition) is 0. The first-order chi connectivity index (χ1) is 6.34. The van der Waals surface area contributed by atoms with Crippen LogP contribution in [0.1, 0.15) is 6.92 Å². The molecule has 82 valence electrons. The Hall–Kier alpha value is -1.15. The van der Waals surface area contributed by atoms with Gasteiger partial charge in [0.05, 0.1) is 10.7 Å². The fourth-order valence-electron chi connectivity index (χ4n) is 0.422. The fourth-order valence-corrected chi connectivity index (χ4v) is 0.422. The molecule has 4 nitrogen and oxygen atoms in total. The summed E-state index contributed by atoms with van der Waals surface area (Å²) in [5, 5.41) is -3.49. The molecule has 0 aliphatic heterocycles. The van der Waals surface area contributed by atoms with Crippen LogP contribution in [0.4, 0.5) is 17.9 Å². The molecule has 0 aromatic heterocycles. The quantitative estimate of drug-likeness (QED) is 0.229. The SMILES string of the molecule is C=CC(=O)OCC(C)(N(F)F)N(F)F. The van der Waals surface area contributed by atoms with Crippen LogP contribution in [0.25, 0.3) is 0 Å². The van der Waals surface area contributed by atoms with Gasteiger partial charge in [-0.25, -0.2) is 4.79 Å². The molecule has 0 rings (SSSR count). The lowest BCUT2D eigenvalue weighted by molar-refractivity contribution is -0.372. The summed E-state index contributed by atoms with van der Waals surface area (Å²) in [5.74, 6) is -1.06. The van der Waals surface area contributed by atoms with Gasteiger partial charge in [-0.1, -0.05) is 24.5 Å². The smallest absolute Gasteiger partial charge is 0.330 e. The van der Waals surface area contributed by atoms with Crippen molar-refractivity contribution >= 4 is 5.97 Å². The highest BCUT2D eigenvalue weighted by molar-refractivity contribution is 5.81. The van der Waals surface area contributed by atoms with E-state index in [1.807, 2.05) is 0 Å². The Balaban J connectivity index is 4.38. The second kappa shape index (κ2) is 4.91. The number of carbonyl (C=O) groups is 1. The Labute approximate surface area is 77.1 Å². The van der Waals surface area contributed by atoms with Crippen molar-refractivity contribution in [3.05, 3.63) is 12.7 Å². The number of esters is 1. The van der Waals surface area contributed by atoms with Crippen LogP contribution in [0.3, 0.4) is 0 Å². The molecule has 14 heavy (non-hydrogen) atoms. The van der Waals surface area contributed by atoms with Gasteiger partial charge < -0.3 is 4.74 Å². The van der Waals surface area contributed by atoms with Crippen molar-refractivity contribution in [1.82, 2.24) is 10.7 Å². The Bertz CT molecular complexity index is 214. The van der Waals surface area contributed by atoms with E-state index in [-0.39, 0.29) is 0 Å². The van der Waals surface area contributed by atoms with Crippen LogP contribution >= 0.6 is 0 Å². The summed E-state index contributed by atoms with van der Waals surface area (Å²) >= 11 is 0. The topological polar surface area (TPSA) is 32.8 Å². The first-order valence-corrected chi connectivity index (χ1v) is 3.37. The summed E-state index contributed by atoms with van der Waals surface area (Å²) < 4.78 is 52.0. The summed E-state index contributed by atoms with van der Waals surface area (Å²) in [4.78, 5) is 10.4. The highest BCUT2D eigenvalue weighted by Crippen LogP contribution is 2.23. The van der Waals surface area contributed by atoms with Gasteiger partial charge in [0.15, 0.2) is 0 Å². The molecule has 8 heteroatoms. The summed E-state index contributed by atoms with van der Waals surface area (Å²) in [7, 11) is 0. The van der Waals surface area contributed by atoms with Gasteiger partial charge in [-0.2, -0.15) is 0 Å². The predicted octanol–water partition coefficient (Wildman–Crippen LogP) is 1.57. The highest BCUT2D eigenvalue weighted by Gasteiger charge is 2.44. The molecular formula is C6H8F4N2O2. The molecule has 0 aromatic rings. The molecule has 0 aromatic carbocycles. The van der Waals surface area contributed by atoms with E-state index in [0.29, 0.717) is 13.0 Å². The molecule has 0 aliphatic rings. The van der Waals surface area contributed by atoms with Gasteiger partial charge in [0.1, 0.15) is 6.61 Å². The molecule has 0 aliphatic carbocycles. The average molecular weight is 216 g/mol. The zero-order chi connectivity index (χ0) is 11.4. The van der Waals surface area contributed by atoms with E-state index in [0.717, 1.165) is 0 Å². The summed E-state index contributed by atoms with van der Waals surface area (Å²) in [6, 6.07) is 0. The number of hydrogen-bond acceptors (Lipinski definition) is 4. The maximum Gasteiger partial charge on any atom is 0.330 e. The molecule has 0 amide bonds. The standard InChI is InChI=1S/C6H8F4N2O2/c1-3-5(13)14-4-6(2,11(7)8)12(9)10/h3H,1,4H2,2H3. The normalized spacial score (nSPS) is 11.9. The van der Waals surface area contributed by atoms with Crippen LogP contribution in [-0.2, 0) is 9.53 Å². The predicted molar refractivity (Wildman–Crippen MR) is 37.7 cm³/mol. The van der Waals surface area contributed by atoms with Gasteiger partial charge in [-0.15, -0.1) is 0 Å². The van der Waals surface area contributed by atoms with Gasteiger partial charge in [0.25, 0.3) is 0 Å². The minimum absolute atomic E-state index is 0.503. The van der Waals surface area contributed by atoms with E-state index < -0.39 is 28.9 Å². The van der Waals surface area contributed by atoms with E-state index in [4.69, 9.17) is 0 Å². The molecule has 0 radical (unpaired) electrons. The molecule has 0 heterocycles. The van der Waals surface area contributed by atoms with Crippen molar-refractivity contribution in [3.8, 4) is 0 Å². The second-order valence-corrected chi connectivity index (χ2v) is 2.49. The van der Waals surface area contributed by atoms with Gasteiger partial charge in [0, 0.05) is 6.08 Å². The Morgan fingerprint density at radius 2 is 1.86 bits per heavy atom. The number of halogens is 4. The number of ether oxygens (including phenoxy) is 1. The van der Waals surface area contributed by atoms with Crippen LogP contribution < -0.4 is 0 Å². The van der Waals surface area contributed by atoms with E-state index in [1.54, 1.807) is 0 Å². The largest absolute Gasteiger partial charge is 0.459 e. The Morgan fingerprint density at radius 1 is 1.43 bits per heavy atom. The molecule has 0 saturated heterocycles. The molecular weight excluding hydrogens is 208 g/mol. The molecule has 0 spiro atoms. The van der Waals surface area contributed by atoms with Gasteiger partial charge in [-0.05, 0) is 6.92 Å². The molecule has 0 fully saturated rings. The monoisotopic (exact) mass is 216 g/mol. The minimum Gasteiger partial charge on any atom is -0.459 e. The number of nitrogens with zero attached hydrogens (tertiary/aromatic N) is 2. The van der Waals surface area contributed by atoms with Crippen LogP contribution in [0.2, 0.25) is 0 Å². The maximum absolute atomic E-state index is 12.0. The van der Waals surface area contributed by atoms with Crippen molar-refractivity contribution < 1.29 is 27.5 Å². The molecule has 0 saturated carbocycles. The summed E-state index contributed by atoms with van der Waals surface area (Å²) in [5.41, 5.74) is -2.96. The first-order valence-electron chi connectivity index (χ1n) is 3.37. The maximum atomic E-state index is 12.0. The second-order valence-electron chi connectivity index (χ2n) is 2.49. The van der Waals surface area contributed by atoms with Crippen molar-refractivity contribution in [2.45, 2.75) is 12.6 Å². The highest BCUT2D eigenvalue weighted by atomic mass is 19.4. The van der Waals surface area contributed by atoms with Crippen LogP contribution in [0.15, 0.2) is 12.7 Å². The van der Waals surface area contributed by atoms with Crippen LogP contribution in [-0.4, -0.2) is 28.9 Å². The van der Waals surface area contributed by atoms with Crippen LogP contribution in [0, 0.1) is 0 Å². The van der Waals surface area contributed by atoms with Crippen molar-refractivity contribution in [1.29, 1.82) is 0 Å². The minimum atomic E-state index is -2.96. The average Bonchev–Trinajstić information content (AvgIpc) is 2.12. The van der Waals surface area contributed by atoms with Crippen LogP contribution in [0.5, 0.6) is 0 Å². The van der Waals surface area contributed by atoms with E-state index in [9.17, 15) is 22.7 Å². The van der Waals surface area contributed by atoms with Crippen molar-refractivity contribution in [2.24, 2.45) is 0 Å². The lowest BCUT2D eigenvalue weighted by Gasteiger charge is -2.27. The number of rotatable bonds is 5. The first kappa shape index (κ1) is 12.8. The third-order valence-corrected chi connectivity index (χ3v) is 1.38. The zero-order valence-corrected chi connectivity index (χ0v) is 7.21. The Morgan fingerprint density at radius 3 is 2.14 bits per heavy atom. The van der Waals surface area contributed by atoms with Gasteiger partial charge in [0.2, 0.25) is 5.66 Å². The lowest BCUT2D eigenvalue weighted by Crippen LogP contribution is -2.50. The van der Waals surface area contributed by atoms with E-state index >= 15 is 0 Å². The molecule has 0 bridgehead atoms. The van der Waals surface area contributed by atoms with E-state index in [2.05, 4.69) is 11.3 Å². The Kier molecular flexibility index (Phi) is 4.51. The third-order valence-electron chi connectivity index (χ3n) is 1.38. The summed E-state index contributed by atoms with van der Waals surface area (Å²) in [6.45, 7) is 2.29. The zero-order valence-electron chi connectivity index (χ0n) is 7.21. The third kappa shape index (κ3) is 2.96. The summed E-state index contributed by atoms with van der Waals surface area (Å²) in [6.07, 6.45) is 0.683. The molecule has 0 N–H and O–H groups in total. The van der Waals surface area contributed by atoms with Gasteiger partial charge in [-0.3, -0.25) is 0 Å². The van der Waals surface area contributed by atoms with Gasteiger partial charge >= 0.3 is 5.97 Å². The van der Waals surface area contributed by atoms with Crippen molar-refractivity contribution in [2.75, 3.05) is 6.61 Å². The number of carbonyl (C=O) groups excluding carboxylic acids is 1. The molecule has 0 unspecified atom stereocenters. The van der Waals surface area contributed by atoms with Crippen molar-refractivity contribution in [3.63, 3.8) is 0 Å². The fraction of sp³-hybridized carbons (Fsp3) is 0.500. The van der Waals surface area contributed by atoms with E-state index in [1.165, 1.54) is 0 Å².